The number of carboxylic acids is 1. The second kappa shape index (κ2) is 6.30. The number of pyridine rings is 1. The van der Waals surface area contributed by atoms with Gasteiger partial charge < -0.3 is 14.7 Å². The molecular formula is C13H15F3N2O3. The first-order valence-electron chi connectivity index (χ1n) is 6.49. The largest absolute Gasteiger partial charge is 0.480 e. The number of carbonyl (C=O) groups is 1. The summed E-state index contributed by atoms with van der Waals surface area (Å²) in [6, 6.07) is 3.80. The molecule has 2 heterocycles. The number of hydrogen-bond donors (Lipinski definition) is 1. The highest BCUT2D eigenvalue weighted by molar-refractivity contribution is 5.68. The lowest BCUT2D eigenvalue weighted by molar-refractivity contribution is -0.144. The first-order chi connectivity index (χ1) is 9.86. The van der Waals surface area contributed by atoms with Crippen LogP contribution in [0.3, 0.4) is 0 Å². The minimum Gasteiger partial charge on any atom is -0.480 e. The number of aromatic nitrogens is 1. The standard InChI is InChI=1S/C13H15F3N2O3/c14-13(15,16)10-2-1-3-11(17-10)18-6-4-9(5-7-18)21-8-12(19)20/h1-3,9H,4-8H2,(H,19,20). The molecule has 0 radical (unpaired) electrons. The molecule has 1 aliphatic rings. The van der Waals surface area contributed by atoms with E-state index in [2.05, 4.69) is 4.98 Å². The quantitative estimate of drug-likeness (QED) is 0.923. The van der Waals surface area contributed by atoms with E-state index in [1.165, 1.54) is 12.1 Å². The first kappa shape index (κ1) is 15.6. The molecule has 1 aliphatic heterocycles. The lowest BCUT2D eigenvalue weighted by Gasteiger charge is -2.32. The van der Waals surface area contributed by atoms with E-state index < -0.39 is 17.8 Å². The number of anilines is 1. The number of ether oxygens (including phenoxy) is 1. The normalized spacial score (nSPS) is 17.0. The Hall–Kier alpha value is -1.83. The summed E-state index contributed by atoms with van der Waals surface area (Å²) >= 11 is 0. The van der Waals surface area contributed by atoms with Crippen molar-refractivity contribution < 1.29 is 27.8 Å². The molecule has 1 fully saturated rings. The first-order valence-corrected chi connectivity index (χ1v) is 6.49. The zero-order valence-electron chi connectivity index (χ0n) is 11.1. The maximum atomic E-state index is 12.6. The molecule has 0 unspecified atom stereocenters. The smallest absolute Gasteiger partial charge is 0.433 e. The predicted octanol–water partition coefficient (Wildman–Crippen LogP) is 2.17. The third-order valence-electron chi connectivity index (χ3n) is 3.23. The van der Waals surface area contributed by atoms with Crippen molar-refractivity contribution in [3.63, 3.8) is 0 Å². The van der Waals surface area contributed by atoms with Crippen molar-refractivity contribution in [1.29, 1.82) is 0 Å². The fraction of sp³-hybridized carbons (Fsp3) is 0.538. The molecule has 8 heteroatoms. The Balaban J connectivity index is 1.95. The van der Waals surface area contributed by atoms with E-state index in [0.717, 1.165) is 6.07 Å². The lowest BCUT2D eigenvalue weighted by Crippen LogP contribution is -2.38. The fourth-order valence-electron chi connectivity index (χ4n) is 2.20. The van der Waals surface area contributed by atoms with Crippen LogP contribution in [-0.4, -0.2) is 41.9 Å². The van der Waals surface area contributed by atoms with Crippen LogP contribution in [-0.2, 0) is 15.7 Å². The number of hydrogen-bond acceptors (Lipinski definition) is 4. The average Bonchev–Trinajstić information content (AvgIpc) is 2.45. The van der Waals surface area contributed by atoms with Gasteiger partial charge in [-0.1, -0.05) is 6.07 Å². The SMILES string of the molecule is O=C(O)COC1CCN(c2cccc(C(F)(F)F)n2)CC1. The number of aliphatic carboxylic acids is 1. The van der Waals surface area contributed by atoms with Crippen LogP contribution in [0.25, 0.3) is 0 Å². The van der Waals surface area contributed by atoms with Crippen molar-refractivity contribution >= 4 is 11.8 Å². The summed E-state index contributed by atoms with van der Waals surface area (Å²) in [6.45, 7) is 0.615. The van der Waals surface area contributed by atoms with Crippen LogP contribution >= 0.6 is 0 Å². The topological polar surface area (TPSA) is 62.7 Å². The van der Waals surface area contributed by atoms with Gasteiger partial charge in [0.05, 0.1) is 6.10 Å². The van der Waals surface area contributed by atoms with Gasteiger partial charge in [0.25, 0.3) is 0 Å². The Bertz CT molecular complexity index is 500. The molecule has 1 N–H and O–H groups in total. The van der Waals surface area contributed by atoms with Gasteiger partial charge in [0.2, 0.25) is 0 Å². The Morgan fingerprint density at radius 2 is 2.05 bits per heavy atom. The van der Waals surface area contributed by atoms with Gasteiger partial charge in [-0.05, 0) is 25.0 Å². The molecule has 1 saturated heterocycles. The molecule has 116 valence electrons. The molecule has 21 heavy (non-hydrogen) atoms. The zero-order valence-corrected chi connectivity index (χ0v) is 11.1. The van der Waals surface area contributed by atoms with E-state index in [9.17, 15) is 18.0 Å². The Morgan fingerprint density at radius 1 is 1.38 bits per heavy atom. The molecule has 0 aromatic carbocycles. The maximum Gasteiger partial charge on any atom is 0.433 e. The van der Waals surface area contributed by atoms with Crippen LogP contribution in [0.15, 0.2) is 18.2 Å². The second-order valence-corrected chi connectivity index (χ2v) is 4.77. The highest BCUT2D eigenvalue weighted by atomic mass is 19.4. The monoisotopic (exact) mass is 304 g/mol. The van der Waals surface area contributed by atoms with Gasteiger partial charge in [0, 0.05) is 13.1 Å². The highest BCUT2D eigenvalue weighted by Gasteiger charge is 2.33. The van der Waals surface area contributed by atoms with Crippen LogP contribution in [0.1, 0.15) is 18.5 Å². The zero-order chi connectivity index (χ0) is 15.5. The molecule has 0 amide bonds. The van der Waals surface area contributed by atoms with Crippen molar-refractivity contribution in [3.05, 3.63) is 23.9 Å². The molecular weight excluding hydrogens is 289 g/mol. The Kier molecular flexibility index (Phi) is 4.66. The van der Waals surface area contributed by atoms with Gasteiger partial charge in [-0.25, -0.2) is 9.78 Å². The molecule has 2 rings (SSSR count). The van der Waals surface area contributed by atoms with E-state index in [0.29, 0.717) is 25.9 Å². The molecule has 0 saturated carbocycles. The molecule has 1 aromatic heterocycles. The van der Waals surface area contributed by atoms with Crippen molar-refractivity contribution in [1.82, 2.24) is 4.98 Å². The molecule has 0 bridgehead atoms. The molecule has 1 aromatic rings. The molecule has 0 spiro atoms. The van der Waals surface area contributed by atoms with E-state index >= 15 is 0 Å². The fourth-order valence-corrected chi connectivity index (χ4v) is 2.20. The van der Waals surface area contributed by atoms with E-state index in [4.69, 9.17) is 9.84 Å². The van der Waals surface area contributed by atoms with Crippen LogP contribution in [0.4, 0.5) is 19.0 Å². The minimum atomic E-state index is -4.46. The molecule has 0 aliphatic carbocycles. The van der Waals surface area contributed by atoms with Gasteiger partial charge in [-0.15, -0.1) is 0 Å². The third kappa shape index (κ3) is 4.32. The Labute approximate surface area is 119 Å². The summed E-state index contributed by atoms with van der Waals surface area (Å²) in [5, 5.41) is 8.53. The van der Waals surface area contributed by atoms with Crippen molar-refractivity contribution in [3.8, 4) is 0 Å². The van der Waals surface area contributed by atoms with Crippen LogP contribution < -0.4 is 4.90 Å². The highest BCUT2D eigenvalue weighted by Crippen LogP contribution is 2.29. The van der Waals surface area contributed by atoms with E-state index in [1.807, 2.05) is 0 Å². The van der Waals surface area contributed by atoms with Crippen LogP contribution in [0, 0.1) is 0 Å². The number of nitrogens with zero attached hydrogens (tertiary/aromatic N) is 2. The van der Waals surface area contributed by atoms with Gasteiger partial charge in [-0.2, -0.15) is 13.2 Å². The summed E-state index contributed by atoms with van der Waals surface area (Å²) < 4.78 is 43.0. The van der Waals surface area contributed by atoms with Crippen molar-refractivity contribution in [2.24, 2.45) is 0 Å². The third-order valence-corrected chi connectivity index (χ3v) is 3.23. The maximum absolute atomic E-state index is 12.6. The van der Waals surface area contributed by atoms with Crippen molar-refractivity contribution in [2.45, 2.75) is 25.1 Å². The van der Waals surface area contributed by atoms with Crippen molar-refractivity contribution in [2.75, 3.05) is 24.6 Å². The summed E-state index contributed by atoms with van der Waals surface area (Å²) in [7, 11) is 0. The van der Waals surface area contributed by atoms with Gasteiger partial charge in [0.1, 0.15) is 18.1 Å². The summed E-state index contributed by atoms with van der Waals surface area (Å²) in [5.41, 5.74) is -0.913. The van der Waals surface area contributed by atoms with E-state index in [1.54, 1.807) is 4.90 Å². The number of piperidine rings is 1. The number of halogens is 3. The van der Waals surface area contributed by atoms with Gasteiger partial charge >= 0.3 is 12.1 Å². The lowest BCUT2D eigenvalue weighted by atomic mass is 10.1. The summed E-state index contributed by atoms with van der Waals surface area (Å²) in [5.74, 6) is -0.751. The number of rotatable bonds is 4. The molecule has 5 nitrogen and oxygen atoms in total. The number of carboxylic acid groups (broad SMARTS) is 1. The van der Waals surface area contributed by atoms with E-state index in [-0.39, 0.29) is 18.5 Å². The molecule has 0 atom stereocenters. The van der Waals surface area contributed by atoms with Crippen LogP contribution in [0.5, 0.6) is 0 Å². The van der Waals surface area contributed by atoms with Gasteiger partial charge in [-0.3, -0.25) is 0 Å². The van der Waals surface area contributed by atoms with Gasteiger partial charge in [0.15, 0.2) is 0 Å². The summed E-state index contributed by atoms with van der Waals surface area (Å²) in [6.07, 6.45) is -3.52. The number of alkyl halides is 3. The Morgan fingerprint density at radius 3 is 2.62 bits per heavy atom. The summed E-state index contributed by atoms with van der Waals surface area (Å²) in [4.78, 5) is 15.8. The average molecular weight is 304 g/mol. The second-order valence-electron chi connectivity index (χ2n) is 4.77. The predicted molar refractivity (Wildman–Crippen MR) is 68.1 cm³/mol. The van der Waals surface area contributed by atoms with Crippen LogP contribution in [0.2, 0.25) is 0 Å². The minimum absolute atomic E-state index is 0.178.